The van der Waals surface area contributed by atoms with E-state index in [0.717, 1.165) is 12.1 Å². The molecule has 19 heavy (non-hydrogen) atoms. The Labute approximate surface area is 115 Å². The minimum atomic E-state index is 0.344. The van der Waals surface area contributed by atoms with Crippen LogP contribution in [0.3, 0.4) is 0 Å². The minimum absolute atomic E-state index is 0.344. The summed E-state index contributed by atoms with van der Waals surface area (Å²) in [5, 5.41) is 0. The second-order valence-corrected chi connectivity index (χ2v) is 5.28. The zero-order valence-corrected chi connectivity index (χ0v) is 11.7. The quantitative estimate of drug-likeness (QED) is 0.887. The van der Waals surface area contributed by atoms with Crippen LogP contribution in [0.5, 0.6) is 0 Å². The number of nitrogens with zero attached hydrogens (tertiary/aromatic N) is 1. The Bertz CT molecular complexity index is 488. The van der Waals surface area contributed by atoms with Crippen LogP contribution in [0.15, 0.2) is 48.7 Å². The Morgan fingerprint density at radius 3 is 2.21 bits per heavy atom. The Kier molecular flexibility index (Phi) is 4.69. The third kappa shape index (κ3) is 3.65. The molecule has 2 nitrogen and oxygen atoms in total. The summed E-state index contributed by atoms with van der Waals surface area (Å²) in [6.45, 7) is 5.07. The van der Waals surface area contributed by atoms with Gasteiger partial charge in [0.1, 0.15) is 0 Å². The molecule has 1 aromatic carbocycles. The van der Waals surface area contributed by atoms with E-state index in [9.17, 15) is 0 Å². The zero-order valence-electron chi connectivity index (χ0n) is 11.7. The van der Waals surface area contributed by atoms with Gasteiger partial charge in [-0.15, -0.1) is 0 Å². The van der Waals surface area contributed by atoms with Crippen LogP contribution in [-0.4, -0.2) is 11.5 Å². The third-order valence-electron chi connectivity index (χ3n) is 3.54. The molecule has 100 valence electrons. The van der Waals surface area contributed by atoms with E-state index in [1.165, 1.54) is 11.1 Å². The van der Waals surface area contributed by atoms with Crippen LogP contribution < -0.4 is 5.73 Å². The van der Waals surface area contributed by atoms with E-state index in [0.29, 0.717) is 18.4 Å². The Hall–Kier alpha value is -1.67. The average Bonchev–Trinajstić information content (AvgIpc) is 2.46. The number of pyridine rings is 1. The maximum absolute atomic E-state index is 5.92. The van der Waals surface area contributed by atoms with Crippen LogP contribution in [0.25, 0.3) is 0 Å². The predicted molar refractivity (Wildman–Crippen MR) is 80.3 cm³/mol. The highest BCUT2D eigenvalue weighted by atomic mass is 14.7. The average molecular weight is 254 g/mol. The summed E-state index contributed by atoms with van der Waals surface area (Å²) in [6.07, 6.45) is 2.74. The van der Waals surface area contributed by atoms with Crippen LogP contribution in [0.4, 0.5) is 0 Å². The van der Waals surface area contributed by atoms with E-state index in [4.69, 9.17) is 5.73 Å². The van der Waals surface area contributed by atoms with Gasteiger partial charge < -0.3 is 5.73 Å². The van der Waals surface area contributed by atoms with Gasteiger partial charge in [0.2, 0.25) is 0 Å². The summed E-state index contributed by atoms with van der Waals surface area (Å²) in [4.78, 5) is 4.38. The molecule has 0 amide bonds. The van der Waals surface area contributed by atoms with Crippen molar-refractivity contribution in [3.63, 3.8) is 0 Å². The van der Waals surface area contributed by atoms with Crippen molar-refractivity contribution in [1.82, 2.24) is 4.98 Å². The van der Waals surface area contributed by atoms with E-state index in [-0.39, 0.29) is 0 Å². The number of rotatable bonds is 5. The zero-order chi connectivity index (χ0) is 13.7. The summed E-state index contributed by atoms with van der Waals surface area (Å²) >= 11 is 0. The second-order valence-electron chi connectivity index (χ2n) is 5.28. The maximum Gasteiger partial charge on any atom is 0.0410 e. The summed E-state index contributed by atoms with van der Waals surface area (Å²) < 4.78 is 0. The lowest BCUT2D eigenvalue weighted by atomic mass is 9.92. The Morgan fingerprint density at radius 2 is 1.68 bits per heavy atom. The molecule has 0 bridgehead atoms. The van der Waals surface area contributed by atoms with Crippen molar-refractivity contribution in [3.8, 4) is 0 Å². The molecule has 1 unspecified atom stereocenters. The van der Waals surface area contributed by atoms with Gasteiger partial charge in [-0.05, 0) is 42.1 Å². The number of aromatic nitrogens is 1. The van der Waals surface area contributed by atoms with Gasteiger partial charge in [-0.1, -0.05) is 44.2 Å². The first-order valence-corrected chi connectivity index (χ1v) is 6.90. The number of nitrogens with two attached hydrogens (primary N) is 1. The lowest BCUT2D eigenvalue weighted by molar-refractivity contribution is 0.681. The maximum atomic E-state index is 5.92. The lowest BCUT2D eigenvalue weighted by Gasteiger charge is -2.16. The largest absolute Gasteiger partial charge is 0.330 e. The topological polar surface area (TPSA) is 38.9 Å². The molecule has 0 spiro atoms. The standard InChI is InChI=1S/C17H22N2/c1-13(2)14-6-8-15(9-7-14)16(12-18)11-17-5-3-4-10-19-17/h3-10,13,16H,11-12,18H2,1-2H3. The summed E-state index contributed by atoms with van der Waals surface area (Å²) in [5.74, 6) is 0.914. The molecule has 1 heterocycles. The Morgan fingerprint density at radius 1 is 1.00 bits per heavy atom. The fourth-order valence-corrected chi connectivity index (χ4v) is 2.26. The smallest absolute Gasteiger partial charge is 0.0410 e. The predicted octanol–water partition coefficient (Wildman–Crippen LogP) is 3.49. The SMILES string of the molecule is CC(C)c1ccc(C(CN)Cc2ccccn2)cc1. The van der Waals surface area contributed by atoms with Crippen molar-refractivity contribution in [2.45, 2.75) is 32.1 Å². The van der Waals surface area contributed by atoms with Gasteiger partial charge in [-0.2, -0.15) is 0 Å². The summed E-state index contributed by atoms with van der Waals surface area (Å²) in [6, 6.07) is 14.9. The number of hydrogen-bond donors (Lipinski definition) is 1. The first kappa shape index (κ1) is 13.8. The van der Waals surface area contributed by atoms with Crippen molar-refractivity contribution in [1.29, 1.82) is 0 Å². The third-order valence-corrected chi connectivity index (χ3v) is 3.54. The molecule has 0 fully saturated rings. The first-order chi connectivity index (χ1) is 9.20. The highest BCUT2D eigenvalue weighted by molar-refractivity contribution is 5.28. The molecule has 0 radical (unpaired) electrons. The van der Waals surface area contributed by atoms with Gasteiger partial charge in [-0.3, -0.25) is 4.98 Å². The van der Waals surface area contributed by atoms with Crippen LogP contribution in [0.1, 0.15) is 42.5 Å². The number of benzene rings is 1. The molecule has 0 saturated heterocycles. The van der Waals surface area contributed by atoms with Crippen LogP contribution in [0, 0.1) is 0 Å². The number of hydrogen-bond acceptors (Lipinski definition) is 2. The molecule has 2 heteroatoms. The van der Waals surface area contributed by atoms with E-state index in [2.05, 4.69) is 49.2 Å². The van der Waals surface area contributed by atoms with E-state index in [1.54, 1.807) is 0 Å². The molecule has 0 aliphatic carbocycles. The fourth-order valence-electron chi connectivity index (χ4n) is 2.26. The minimum Gasteiger partial charge on any atom is -0.330 e. The van der Waals surface area contributed by atoms with Crippen molar-refractivity contribution in [2.24, 2.45) is 5.73 Å². The van der Waals surface area contributed by atoms with Gasteiger partial charge in [0, 0.05) is 17.8 Å². The van der Waals surface area contributed by atoms with E-state index >= 15 is 0 Å². The summed E-state index contributed by atoms with van der Waals surface area (Å²) in [5.41, 5.74) is 9.70. The molecule has 2 N–H and O–H groups in total. The van der Waals surface area contributed by atoms with Crippen molar-refractivity contribution < 1.29 is 0 Å². The fraction of sp³-hybridized carbons (Fsp3) is 0.353. The van der Waals surface area contributed by atoms with Gasteiger partial charge in [0.25, 0.3) is 0 Å². The summed E-state index contributed by atoms with van der Waals surface area (Å²) in [7, 11) is 0. The molecular formula is C17H22N2. The molecule has 1 aromatic heterocycles. The molecule has 0 aliphatic rings. The first-order valence-electron chi connectivity index (χ1n) is 6.90. The van der Waals surface area contributed by atoms with Gasteiger partial charge >= 0.3 is 0 Å². The molecule has 0 aliphatic heterocycles. The normalized spacial score (nSPS) is 12.6. The van der Waals surface area contributed by atoms with Crippen molar-refractivity contribution in [3.05, 3.63) is 65.5 Å². The van der Waals surface area contributed by atoms with Gasteiger partial charge in [0.05, 0.1) is 0 Å². The monoisotopic (exact) mass is 254 g/mol. The molecule has 2 aromatic rings. The van der Waals surface area contributed by atoms with Crippen LogP contribution >= 0.6 is 0 Å². The highest BCUT2D eigenvalue weighted by Crippen LogP contribution is 2.22. The van der Waals surface area contributed by atoms with Crippen molar-refractivity contribution >= 4 is 0 Å². The van der Waals surface area contributed by atoms with Gasteiger partial charge in [-0.25, -0.2) is 0 Å². The second kappa shape index (κ2) is 6.48. The molecule has 0 saturated carbocycles. The molecule has 2 rings (SSSR count). The van der Waals surface area contributed by atoms with Crippen molar-refractivity contribution in [2.75, 3.05) is 6.54 Å². The molecule has 1 atom stereocenters. The van der Waals surface area contributed by atoms with Crippen LogP contribution in [-0.2, 0) is 6.42 Å². The van der Waals surface area contributed by atoms with E-state index < -0.39 is 0 Å². The van der Waals surface area contributed by atoms with Crippen LogP contribution in [0.2, 0.25) is 0 Å². The Balaban J connectivity index is 2.13. The van der Waals surface area contributed by atoms with Gasteiger partial charge in [0.15, 0.2) is 0 Å². The highest BCUT2D eigenvalue weighted by Gasteiger charge is 2.11. The molecular weight excluding hydrogens is 232 g/mol. The van der Waals surface area contributed by atoms with E-state index in [1.807, 2.05) is 18.3 Å². The lowest BCUT2D eigenvalue weighted by Crippen LogP contribution is -2.15.